The van der Waals surface area contributed by atoms with Gasteiger partial charge < -0.3 is 25.8 Å². The Hall–Kier alpha value is -1.55. The molecule has 2 atom stereocenters. The molecular weight excluding hydrogens is 459 g/mol. The van der Waals surface area contributed by atoms with E-state index in [9.17, 15) is 4.79 Å². The monoisotopic (exact) mass is 490 g/mol. The van der Waals surface area contributed by atoms with Crippen LogP contribution in [0, 0.1) is 5.41 Å². The normalized spacial score (nSPS) is 23.6. The van der Waals surface area contributed by atoms with Crippen molar-refractivity contribution in [3.05, 3.63) is 29.8 Å². The van der Waals surface area contributed by atoms with Gasteiger partial charge in [0, 0.05) is 32.2 Å². The van der Waals surface area contributed by atoms with Gasteiger partial charge in [0.1, 0.15) is 5.75 Å². The highest BCUT2D eigenvalue weighted by Crippen LogP contribution is 2.51. The van der Waals surface area contributed by atoms with Crippen LogP contribution in [0.4, 0.5) is 0 Å². The van der Waals surface area contributed by atoms with Crippen LogP contribution in [0.5, 0.6) is 5.75 Å². The van der Waals surface area contributed by atoms with Crippen molar-refractivity contribution in [2.45, 2.75) is 45.4 Å². The average Bonchev–Trinajstić information content (AvgIpc) is 2.62. The van der Waals surface area contributed by atoms with Gasteiger partial charge in [0.05, 0.1) is 5.60 Å². The quantitative estimate of drug-likeness (QED) is 0.309. The van der Waals surface area contributed by atoms with E-state index in [1.165, 1.54) is 0 Å². The molecule has 0 radical (unpaired) electrons. The van der Waals surface area contributed by atoms with E-state index < -0.39 is 5.91 Å². The molecule has 0 spiro atoms. The Morgan fingerprint density at radius 3 is 2.63 bits per heavy atom. The van der Waals surface area contributed by atoms with E-state index in [2.05, 4.69) is 36.4 Å². The number of rotatable bonds is 7. The number of guanidine groups is 1. The average molecular weight is 490 g/mol. The number of nitrogens with one attached hydrogen (secondary N) is 2. The molecule has 8 heteroatoms. The molecule has 0 heterocycles. The number of carbonyl (C=O) groups excluding carboxylic acids is 1. The fourth-order valence-electron chi connectivity index (χ4n) is 3.17. The van der Waals surface area contributed by atoms with Crippen molar-refractivity contribution in [3.63, 3.8) is 0 Å². The fourth-order valence-corrected chi connectivity index (χ4v) is 3.17. The van der Waals surface area contributed by atoms with Gasteiger partial charge in [-0.25, -0.2) is 0 Å². The Labute approximate surface area is 178 Å². The highest BCUT2D eigenvalue weighted by atomic mass is 127. The number of amides is 1. The van der Waals surface area contributed by atoms with E-state index in [0.29, 0.717) is 12.3 Å². The molecule has 0 aromatic heterocycles. The zero-order valence-electron chi connectivity index (χ0n) is 16.7. The molecule has 1 saturated carbocycles. The van der Waals surface area contributed by atoms with Crippen LogP contribution < -0.4 is 21.1 Å². The summed E-state index contributed by atoms with van der Waals surface area (Å²) in [4.78, 5) is 15.1. The molecule has 1 aliphatic rings. The van der Waals surface area contributed by atoms with E-state index in [1.807, 2.05) is 18.2 Å². The first-order valence-electron chi connectivity index (χ1n) is 8.74. The highest BCUT2D eigenvalue weighted by Gasteiger charge is 2.58. The lowest BCUT2D eigenvalue weighted by atomic mass is 9.56. The minimum absolute atomic E-state index is 0. The number of nitrogens with zero attached hydrogens (tertiary/aromatic N) is 1. The third-order valence-electron chi connectivity index (χ3n) is 5.55. The third kappa shape index (κ3) is 5.47. The molecule has 0 aliphatic heterocycles. The number of benzene rings is 1. The Balaban J connectivity index is 0.00000364. The van der Waals surface area contributed by atoms with Crippen LogP contribution in [0.1, 0.15) is 32.8 Å². The molecule has 1 aromatic rings. The van der Waals surface area contributed by atoms with Crippen LogP contribution in [0.2, 0.25) is 0 Å². The molecule has 2 unspecified atom stereocenters. The van der Waals surface area contributed by atoms with Crippen molar-refractivity contribution in [2.75, 3.05) is 20.8 Å². The van der Waals surface area contributed by atoms with Gasteiger partial charge in [-0.15, -0.1) is 24.0 Å². The Bertz CT molecular complexity index is 681. The van der Waals surface area contributed by atoms with Gasteiger partial charge in [-0.2, -0.15) is 0 Å². The number of hydrogen-bond donors (Lipinski definition) is 3. The second-order valence-electron chi connectivity index (χ2n) is 7.39. The maximum atomic E-state index is 10.8. The number of ether oxygens (including phenoxy) is 2. The summed E-state index contributed by atoms with van der Waals surface area (Å²) in [7, 11) is 3.52. The smallest absolute Gasteiger partial charge is 0.255 e. The predicted molar refractivity (Wildman–Crippen MR) is 117 cm³/mol. The Morgan fingerprint density at radius 1 is 1.37 bits per heavy atom. The molecule has 1 aliphatic carbocycles. The third-order valence-corrected chi connectivity index (χ3v) is 5.55. The summed E-state index contributed by atoms with van der Waals surface area (Å²) in [6, 6.07) is 7.80. The maximum Gasteiger partial charge on any atom is 0.255 e. The standard InChI is InChI=1S/C19H30N4O3.HI/c1-18(2)15(10-19(18,3)25-5)23-17(21-4)22-11-13-7-6-8-14(9-13)26-12-16(20)24;/h6-9,15H,10-12H2,1-5H3,(H2,20,24)(H2,21,22,23);1H. The number of methoxy groups -OCH3 is 1. The summed E-state index contributed by atoms with van der Waals surface area (Å²) in [6.07, 6.45) is 0.924. The number of halogens is 1. The van der Waals surface area contributed by atoms with Crippen LogP contribution in [0.3, 0.4) is 0 Å². The lowest BCUT2D eigenvalue weighted by Gasteiger charge is -2.59. The van der Waals surface area contributed by atoms with Gasteiger partial charge in [0.2, 0.25) is 0 Å². The topological polar surface area (TPSA) is 98.0 Å². The summed E-state index contributed by atoms with van der Waals surface area (Å²) < 4.78 is 11.0. The number of nitrogens with two attached hydrogens (primary N) is 1. The van der Waals surface area contributed by atoms with E-state index in [0.717, 1.165) is 17.9 Å². The van der Waals surface area contributed by atoms with E-state index in [-0.39, 0.29) is 47.6 Å². The summed E-state index contributed by atoms with van der Waals surface area (Å²) in [5, 5.41) is 6.79. The summed E-state index contributed by atoms with van der Waals surface area (Å²) in [5.41, 5.74) is 5.99. The largest absolute Gasteiger partial charge is 0.484 e. The Morgan fingerprint density at radius 2 is 2.07 bits per heavy atom. The molecule has 152 valence electrons. The molecule has 27 heavy (non-hydrogen) atoms. The maximum absolute atomic E-state index is 10.8. The molecule has 1 aromatic carbocycles. The van der Waals surface area contributed by atoms with Crippen molar-refractivity contribution in [1.29, 1.82) is 0 Å². The Kier molecular flexibility index (Phi) is 8.34. The second kappa shape index (κ2) is 9.59. The number of carbonyl (C=O) groups is 1. The van der Waals surface area contributed by atoms with E-state index in [1.54, 1.807) is 20.2 Å². The molecular formula is C19H31IN4O3. The molecule has 0 saturated heterocycles. The van der Waals surface area contributed by atoms with Crippen molar-refractivity contribution in [1.82, 2.24) is 10.6 Å². The van der Waals surface area contributed by atoms with Gasteiger partial charge in [0.25, 0.3) is 5.91 Å². The van der Waals surface area contributed by atoms with Crippen LogP contribution >= 0.6 is 24.0 Å². The van der Waals surface area contributed by atoms with Crippen LogP contribution in [-0.2, 0) is 16.1 Å². The lowest BCUT2D eigenvalue weighted by molar-refractivity contribution is -0.176. The highest BCUT2D eigenvalue weighted by molar-refractivity contribution is 14.0. The number of aliphatic imine (C=N–C) groups is 1. The molecule has 2 rings (SSSR count). The first kappa shape index (κ1) is 23.5. The summed E-state index contributed by atoms with van der Waals surface area (Å²) in [6.45, 7) is 6.99. The van der Waals surface area contributed by atoms with Crippen molar-refractivity contribution >= 4 is 35.8 Å². The van der Waals surface area contributed by atoms with Crippen molar-refractivity contribution in [2.24, 2.45) is 16.1 Å². The molecule has 1 fully saturated rings. The van der Waals surface area contributed by atoms with Gasteiger partial charge in [-0.3, -0.25) is 9.79 Å². The minimum Gasteiger partial charge on any atom is -0.484 e. The van der Waals surface area contributed by atoms with Crippen molar-refractivity contribution in [3.8, 4) is 5.75 Å². The SMILES string of the molecule is CN=C(NCc1cccc(OCC(N)=O)c1)NC1CC(C)(OC)C1(C)C.I. The van der Waals surface area contributed by atoms with Gasteiger partial charge in [0.15, 0.2) is 12.6 Å². The van der Waals surface area contributed by atoms with Crippen LogP contribution in [0.25, 0.3) is 0 Å². The number of hydrogen-bond acceptors (Lipinski definition) is 4. The molecule has 4 N–H and O–H groups in total. The van der Waals surface area contributed by atoms with Crippen molar-refractivity contribution < 1.29 is 14.3 Å². The van der Waals surface area contributed by atoms with Gasteiger partial charge in [-0.05, 0) is 31.0 Å². The first-order chi connectivity index (χ1) is 12.2. The summed E-state index contributed by atoms with van der Waals surface area (Å²) >= 11 is 0. The van der Waals surface area contributed by atoms with E-state index in [4.69, 9.17) is 15.2 Å². The molecule has 1 amide bonds. The lowest BCUT2D eigenvalue weighted by Crippen LogP contribution is -2.69. The van der Waals surface area contributed by atoms with Gasteiger partial charge in [-0.1, -0.05) is 26.0 Å². The second-order valence-corrected chi connectivity index (χ2v) is 7.39. The summed E-state index contributed by atoms with van der Waals surface area (Å²) in [5.74, 6) is 0.857. The van der Waals surface area contributed by atoms with Crippen LogP contribution in [-0.4, -0.2) is 44.3 Å². The van der Waals surface area contributed by atoms with E-state index >= 15 is 0 Å². The minimum atomic E-state index is -0.496. The fraction of sp³-hybridized carbons (Fsp3) is 0.579. The first-order valence-corrected chi connectivity index (χ1v) is 8.74. The molecule has 0 bridgehead atoms. The van der Waals surface area contributed by atoms with Gasteiger partial charge >= 0.3 is 0 Å². The predicted octanol–water partition coefficient (Wildman–Crippen LogP) is 2.04. The number of primary amides is 1. The zero-order valence-corrected chi connectivity index (χ0v) is 19.0. The van der Waals surface area contributed by atoms with Crippen LogP contribution in [0.15, 0.2) is 29.3 Å². The zero-order chi connectivity index (χ0) is 19.4. The molecule has 7 nitrogen and oxygen atoms in total.